The maximum absolute atomic E-state index is 12.3. The molecule has 1 amide bonds. The maximum atomic E-state index is 12.3. The average Bonchev–Trinajstić information content (AvgIpc) is 2.68. The number of hydrogen-bond donors (Lipinski definition) is 1. The van der Waals surface area contributed by atoms with Crippen molar-refractivity contribution in [3.63, 3.8) is 0 Å². The first-order chi connectivity index (χ1) is 8.13. The molecule has 1 atom stereocenters. The van der Waals surface area contributed by atoms with Crippen molar-refractivity contribution in [2.45, 2.75) is 32.2 Å². The fourth-order valence-corrected chi connectivity index (χ4v) is 2.33. The quantitative estimate of drug-likeness (QED) is 0.877. The Labute approximate surface area is 114 Å². The van der Waals surface area contributed by atoms with Crippen molar-refractivity contribution in [3.8, 4) is 0 Å². The Balaban J connectivity index is 0.00000162. The number of nitrogens with two attached hydrogens (primary N) is 1. The molecule has 1 fully saturated rings. The van der Waals surface area contributed by atoms with E-state index in [1.54, 1.807) is 4.68 Å². The summed E-state index contributed by atoms with van der Waals surface area (Å²) in [5, 5.41) is 4.24. The van der Waals surface area contributed by atoms with E-state index in [4.69, 9.17) is 5.73 Å². The number of nitrogens with zero attached hydrogens (tertiary/aromatic N) is 3. The molecule has 102 valence electrons. The van der Waals surface area contributed by atoms with Gasteiger partial charge in [-0.1, -0.05) is 0 Å². The number of hydrogen-bond acceptors (Lipinski definition) is 3. The predicted octanol–water partition coefficient (Wildman–Crippen LogP) is 1.10. The first-order valence-electron chi connectivity index (χ1n) is 6.15. The third-order valence-electron chi connectivity index (χ3n) is 3.49. The summed E-state index contributed by atoms with van der Waals surface area (Å²) in [6.45, 7) is 3.29. The fraction of sp³-hybridized carbons (Fsp3) is 0.667. The van der Waals surface area contributed by atoms with Gasteiger partial charge in [0.2, 0.25) is 0 Å². The standard InChI is InChI=1S/C12H20N4O.ClH/c1-9-7-11(14-15(9)2)12(17)16-6-4-3-5-10(16)8-13;/h7,10H,3-6,8,13H2,1-2H3;1H. The number of carbonyl (C=O) groups excluding carboxylic acids is 1. The van der Waals surface area contributed by atoms with Gasteiger partial charge in [-0.2, -0.15) is 5.10 Å². The van der Waals surface area contributed by atoms with E-state index >= 15 is 0 Å². The topological polar surface area (TPSA) is 64.2 Å². The van der Waals surface area contributed by atoms with E-state index in [-0.39, 0.29) is 24.4 Å². The van der Waals surface area contributed by atoms with Gasteiger partial charge in [-0.25, -0.2) is 0 Å². The molecule has 0 spiro atoms. The number of halogens is 1. The molecule has 0 radical (unpaired) electrons. The molecule has 0 aliphatic carbocycles. The second kappa shape index (κ2) is 6.20. The molecule has 1 aliphatic heterocycles. The molecule has 1 aliphatic rings. The fourth-order valence-electron chi connectivity index (χ4n) is 2.33. The highest BCUT2D eigenvalue weighted by atomic mass is 35.5. The van der Waals surface area contributed by atoms with Crippen LogP contribution >= 0.6 is 12.4 Å². The van der Waals surface area contributed by atoms with Gasteiger partial charge in [-0.15, -0.1) is 12.4 Å². The van der Waals surface area contributed by atoms with Crippen LogP contribution in [0, 0.1) is 6.92 Å². The average molecular weight is 273 g/mol. The molecule has 6 heteroatoms. The molecule has 0 aromatic carbocycles. The molecule has 5 nitrogen and oxygen atoms in total. The van der Waals surface area contributed by atoms with Crippen molar-refractivity contribution in [1.82, 2.24) is 14.7 Å². The molecular weight excluding hydrogens is 252 g/mol. The highest BCUT2D eigenvalue weighted by Crippen LogP contribution is 2.18. The summed E-state index contributed by atoms with van der Waals surface area (Å²) in [5.41, 5.74) is 7.25. The van der Waals surface area contributed by atoms with E-state index in [1.165, 1.54) is 0 Å². The number of rotatable bonds is 2. The van der Waals surface area contributed by atoms with Gasteiger partial charge in [0.15, 0.2) is 5.69 Å². The summed E-state index contributed by atoms with van der Waals surface area (Å²) in [7, 11) is 1.85. The predicted molar refractivity (Wildman–Crippen MR) is 72.9 cm³/mol. The van der Waals surface area contributed by atoms with Crippen LogP contribution in [0.2, 0.25) is 0 Å². The van der Waals surface area contributed by atoms with E-state index in [0.29, 0.717) is 12.2 Å². The van der Waals surface area contributed by atoms with Gasteiger partial charge < -0.3 is 10.6 Å². The van der Waals surface area contributed by atoms with Gasteiger partial charge in [0.05, 0.1) is 0 Å². The highest BCUT2D eigenvalue weighted by Gasteiger charge is 2.27. The van der Waals surface area contributed by atoms with Crippen LogP contribution in [-0.2, 0) is 7.05 Å². The summed E-state index contributed by atoms with van der Waals surface area (Å²) in [6.07, 6.45) is 3.23. The first kappa shape index (κ1) is 15.0. The lowest BCUT2D eigenvalue weighted by atomic mass is 10.0. The van der Waals surface area contributed by atoms with Gasteiger partial charge in [0.1, 0.15) is 0 Å². The minimum Gasteiger partial charge on any atom is -0.333 e. The van der Waals surface area contributed by atoms with Gasteiger partial charge in [-0.05, 0) is 32.3 Å². The van der Waals surface area contributed by atoms with E-state index in [9.17, 15) is 4.79 Å². The molecular formula is C12H21ClN4O. The monoisotopic (exact) mass is 272 g/mol. The van der Waals surface area contributed by atoms with Crippen molar-refractivity contribution in [2.75, 3.05) is 13.1 Å². The van der Waals surface area contributed by atoms with Crippen LogP contribution < -0.4 is 5.73 Å². The van der Waals surface area contributed by atoms with Crippen molar-refractivity contribution < 1.29 is 4.79 Å². The van der Waals surface area contributed by atoms with Crippen LogP contribution in [0.25, 0.3) is 0 Å². The van der Waals surface area contributed by atoms with Crippen molar-refractivity contribution in [2.24, 2.45) is 12.8 Å². The molecule has 1 aromatic rings. The molecule has 0 bridgehead atoms. The van der Waals surface area contributed by atoms with Crippen LogP contribution in [0.15, 0.2) is 6.07 Å². The lowest BCUT2D eigenvalue weighted by Gasteiger charge is -2.34. The van der Waals surface area contributed by atoms with Gasteiger partial charge >= 0.3 is 0 Å². The minimum atomic E-state index is 0. The lowest BCUT2D eigenvalue weighted by molar-refractivity contribution is 0.0616. The smallest absolute Gasteiger partial charge is 0.274 e. The zero-order valence-electron chi connectivity index (χ0n) is 10.9. The number of aromatic nitrogens is 2. The first-order valence-corrected chi connectivity index (χ1v) is 6.15. The number of piperidine rings is 1. The normalized spacial score (nSPS) is 19.5. The molecule has 1 aromatic heterocycles. The van der Waals surface area contributed by atoms with E-state index in [2.05, 4.69) is 5.10 Å². The molecule has 0 saturated carbocycles. The Morgan fingerprint density at radius 3 is 2.83 bits per heavy atom. The minimum absolute atomic E-state index is 0. The Morgan fingerprint density at radius 1 is 1.56 bits per heavy atom. The third-order valence-corrected chi connectivity index (χ3v) is 3.49. The molecule has 18 heavy (non-hydrogen) atoms. The zero-order chi connectivity index (χ0) is 12.4. The van der Waals surface area contributed by atoms with Gasteiger partial charge in [0.25, 0.3) is 5.91 Å². The lowest BCUT2D eigenvalue weighted by Crippen LogP contribution is -2.47. The Kier molecular flexibility index (Phi) is 5.16. The largest absolute Gasteiger partial charge is 0.333 e. The molecule has 2 N–H and O–H groups in total. The van der Waals surface area contributed by atoms with E-state index in [0.717, 1.165) is 31.5 Å². The second-order valence-electron chi connectivity index (χ2n) is 4.68. The van der Waals surface area contributed by atoms with Gasteiger partial charge in [0, 0.05) is 31.9 Å². The van der Waals surface area contributed by atoms with Crippen LogP contribution in [0.1, 0.15) is 35.4 Å². The summed E-state index contributed by atoms with van der Waals surface area (Å²) in [4.78, 5) is 14.2. The molecule has 1 saturated heterocycles. The highest BCUT2D eigenvalue weighted by molar-refractivity contribution is 5.92. The van der Waals surface area contributed by atoms with E-state index < -0.39 is 0 Å². The van der Waals surface area contributed by atoms with Crippen molar-refractivity contribution in [3.05, 3.63) is 17.5 Å². The zero-order valence-corrected chi connectivity index (χ0v) is 11.7. The van der Waals surface area contributed by atoms with Crippen LogP contribution in [0.3, 0.4) is 0 Å². The maximum Gasteiger partial charge on any atom is 0.274 e. The molecule has 2 rings (SSSR count). The van der Waals surface area contributed by atoms with Crippen molar-refractivity contribution >= 4 is 18.3 Å². The Morgan fingerprint density at radius 2 is 2.28 bits per heavy atom. The molecule has 1 unspecified atom stereocenters. The van der Waals surface area contributed by atoms with Crippen LogP contribution in [-0.4, -0.2) is 39.7 Å². The number of amides is 1. The number of likely N-dealkylation sites (tertiary alicyclic amines) is 1. The molecule has 2 heterocycles. The van der Waals surface area contributed by atoms with Crippen LogP contribution in [0.5, 0.6) is 0 Å². The number of carbonyl (C=O) groups is 1. The second-order valence-corrected chi connectivity index (χ2v) is 4.68. The van der Waals surface area contributed by atoms with Crippen molar-refractivity contribution in [1.29, 1.82) is 0 Å². The Bertz CT molecular complexity index is 399. The SMILES string of the molecule is Cc1cc(C(=O)N2CCCCC2CN)nn1C.Cl. The Hall–Kier alpha value is -1.07. The summed E-state index contributed by atoms with van der Waals surface area (Å²) in [5.74, 6) is 0.0175. The van der Waals surface area contributed by atoms with Crippen LogP contribution in [0.4, 0.5) is 0 Å². The summed E-state index contributed by atoms with van der Waals surface area (Å²) >= 11 is 0. The summed E-state index contributed by atoms with van der Waals surface area (Å²) in [6, 6.07) is 2.02. The van der Waals surface area contributed by atoms with E-state index in [1.807, 2.05) is 24.9 Å². The third kappa shape index (κ3) is 2.84. The summed E-state index contributed by atoms with van der Waals surface area (Å²) < 4.78 is 1.73. The van der Waals surface area contributed by atoms with Gasteiger partial charge in [-0.3, -0.25) is 9.48 Å². The number of aryl methyl sites for hydroxylation is 2.